The van der Waals surface area contributed by atoms with E-state index < -0.39 is 0 Å². The minimum atomic E-state index is -0.0311. The van der Waals surface area contributed by atoms with Crippen LogP contribution in [0.3, 0.4) is 0 Å². The van der Waals surface area contributed by atoms with E-state index in [1.54, 1.807) is 0 Å². The van der Waals surface area contributed by atoms with Gasteiger partial charge >= 0.3 is 0 Å². The quantitative estimate of drug-likeness (QED) is 0.775. The predicted molar refractivity (Wildman–Crippen MR) is 70.0 cm³/mol. The number of rotatable bonds is 4. The van der Waals surface area contributed by atoms with Gasteiger partial charge in [-0.15, -0.1) is 0 Å². The summed E-state index contributed by atoms with van der Waals surface area (Å²) in [6.07, 6.45) is 0.511. The van der Waals surface area contributed by atoms with Crippen LogP contribution in [-0.2, 0) is 11.2 Å². The minimum absolute atomic E-state index is 0.0311. The molecule has 2 rings (SSSR count). The Labute approximate surface area is 102 Å². The largest absolute Gasteiger partial charge is 0.299 e. The van der Waals surface area contributed by atoms with Crippen LogP contribution in [0.15, 0.2) is 60.7 Å². The van der Waals surface area contributed by atoms with E-state index in [1.807, 2.05) is 67.6 Å². The van der Waals surface area contributed by atoms with Crippen molar-refractivity contribution in [1.29, 1.82) is 0 Å². The van der Waals surface area contributed by atoms with Crippen molar-refractivity contribution >= 4 is 5.78 Å². The third-order valence-corrected chi connectivity index (χ3v) is 3.00. The molecule has 0 unspecified atom stereocenters. The maximum atomic E-state index is 12.1. The second kappa shape index (κ2) is 5.44. The Kier molecular flexibility index (Phi) is 3.71. The van der Waals surface area contributed by atoms with Gasteiger partial charge in [-0.25, -0.2) is 0 Å². The summed E-state index contributed by atoms with van der Waals surface area (Å²) in [6, 6.07) is 19.8. The first kappa shape index (κ1) is 11.6. The number of hydrogen-bond acceptors (Lipinski definition) is 1. The minimum Gasteiger partial charge on any atom is -0.299 e. The molecule has 2 aromatic rings. The molecular formula is C16H16O. The zero-order valence-electron chi connectivity index (χ0n) is 9.97. The summed E-state index contributed by atoms with van der Waals surface area (Å²) in [7, 11) is 0. The van der Waals surface area contributed by atoms with Crippen molar-refractivity contribution in [2.75, 3.05) is 0 Å². The highest BCUT2D eigenvalue weighted by Gasteiger charge is 2.14. The van der Waals surface area contributed by atoms with Crippen molar-refractivity contribution in [2.45, 2.75) is 19.3 Å². The van der Waals surface area contributed by atoms with Crippen LogP contribution in [0.25, 0.3) is 0 Å². The van der Waals surface area contributed by atoms with Crippen LogP contribution >= 0.6 is 0 Å². The Bertz CT molecular complexity index is 473. The zero-order valence-corrected chi connectivity index (χ0v) is 9.97. The van der Waals surface area contributed by atoms with Gasteiger partial charge in [-0.3, -0.25) is 4.79 Å². The maximum absolute atomic E-state index is 12.1. The second-order valence-corrected chi connectivity index (χ2v) is 4.26. The lowest BCUT2D eigenvalue weighted by molar-refractivity contribution is -0.119. The van der Waals surface area contributed by atoms with Crippen molar-refractivity contribution in [3.63, 3.8) is 0 Å². The molecule has 0 saturated heterocycles. The van der Waals surface area contributed by atoms with E-state index in [-0.39, 0.29) is 11.7 Å². The number of hydrogen-bond donors (Lipinski definition) is 0. The fourth-order valence-corrected chi connectivity index (χ4v) is 1.88. The highest BCUT2D eigenvalue weighted by Crippen LogP contribution is 2.17. The molecule has 0 saturated carbocycles. The Balaban J connectivity index is 2.06. The highest BCUT2D eigenvalue weighted by molar-refractivity contribution is 5.87. The predicted octanol–water partition coefficient (Wildman–Crippen LogP) is 3.60. The summed E-state index contributed by atoms with van der Waals surface area (Å²) in [4.78, 5) is 12.1. The molecule has 2 aromatic carbocycles. The molecule has 1 atom stereocenters. The van der Waals surface area contributed by atoms with E-state index >= 15 is 0 Å². The summed E-state index contributed by atoms with van der Waals surface area (Å²) in [5.41, 5.74) is 2.17. The Morgan fingerprint density at radius 2 is 1.47 bits per heavy atom. The number of Topliss-reactive ketones (excluding diaryl/α,β-unsaturated/α-hetero) is 1. The van der Waals surface area contributed by atoms with Gasteiger partial charge in [0.15, 0.2) is 0 Å². The highest BCUT2D eigenvalue weighted by atomic mass is 16.1. The van der Waals surface area contributed by atoms with Gasteiger partial charge in [-0.2, -0.15) is 0 Å². The fourth-order valence-electron chi connectivity index (χ4n) is 1.88. The molecule has 86 valence electrons. The molecule has 1 nitrogen and oxygen atoms in total. The van der Waals surface area contributed by atoms with Crippen molar-refractivity contribution in [2.24, 2.45) is 0 Å². The van der Waals surface area contributed by atoms with E-state index in [1.165, 1.54) is 0 Å². The zero-order chi connectivity index (χ0) is 12.1. The number of carbonyl (C=O) groups excluding carboxylic acids is 1. The first-order valence-corrected chi connectivity index (χ1v) is 5.89. The van der Waals surface area contributed by atoms with Crippen molar-refractivity contribution < 1.29 is 4.79 Å². The van der Waals surface area contributed by atoms with E-state index in [0.29, 0.717) is 6.42 Å². The Morgan fingerprint density at radius 1 is 0.941 bits per heavy atom. The molecule has 0 aromatic heterocycles. The molecule has 0 heterocycles. The Hall–Kier alpha value is -1.89. The maximum Gasteiger partial charge on any atom is 0.144 e. The second-order valence-electron chi connectivity index (χ2n) is 4.26. The van der Waals surface area contributed by atoms with Gasteiger partial charge in [0.05, 0.1) is 0 Å². The summed E-state index contributed by atoms with van der Waals surface area (Å²) in [5, 5.41) is 0. The molecule has 0 spiro atoms. The van der Waals surface area contributed by atoms with Crippen LogP contribution in [0.1, 0.15) is 24.0 Å². The van der Waals surface area contributed by atoms with Gasteiger partial charge < -0.3 is 0 Å². The van der Waals surface area contributed by atoms with Crippen molar-refractivity contribution in [3.05, 3.63) is 71.8 Å². The van der Waals surface area contributed by atoms with Crippen LogP contribution < -0.4 is 0 Å². The van der Waals surface area contributed by atoms with Crippen LogP contribution in [0.4, 0.5) is 0 Å². The van der Waals surface area contributed by atoms with Gasteiger partial charge in [0.1, 0.15) is 5.78 Å². The first-order valence-electron chi connectivity index (χ1n) is 5.89. The lowest BCUT2D eigenvalue weighted by Gasteiger charge is -2.10. The van der Waals surface area contributed by atoms with Gasteiger partial charge in [-0.1, -0.05) is 67.6 Å². The van der Waals surface area contributed by atoms with Crippen LogP contribution in [0, 0.1) is 0 Å². The molecule has 0 radical (unpaired) electrons. The average Bonchev–Trinajstić information content (AvgIpc) is 2.40. The fraction of sp³-hybridized carbons (Fsp3) is 0.188. The van der Waals surface area contributed by atoms with Crippen molar-refractivity contribution in [1.82, 2.24) is 0 Å². The molecule has 0 aliphatic rings. The summed E-state index contributed by atoms with van der Waals surface area (Å²) >= 11 is 0. The molecule has 0 fully saturated rings. The topological polar surface area (TPSA) is 17.1 Å². The third kappa shape index (κ3) is 3.04. The number of ketones is 1. The standard InChI is InChI=1S/C16H16O/c1-13(15-10-6-3-7-11-15)16(17)12-14-8-4-2-5-9-14/h2-11,13H,12H2,1H3/t13-/m0/s1. The van der Waals surface area contributed by atoms with E-state index in [2.05, 4.69) is 0 Å². The van der Waals surface area contributed by atoms with Crippen molar-refractivity contribution in [3.8, 4) is 0 Å². The molecule has 17 heavy (non-hydrogen) atoms. The monoisotopic (exact) mass is 224 g/mol. The number of benzene rings is 2. The molecule has 0 N–H and O–H groups in total. The smallest absolute Gasteiger partial charge is 0.144 e. The molecule has 0 bridgehead atoms. The SMILES string of the molecule is C[C@H](C(=O)Cc1ccccc1)c1ccccc1. The lowest BCUT2D eigenvalue weighted by Crippen LogP contribution is -2.11. The van der Waals surface area contributed by atoms with Gasteiger partial charge in [0, 0.05) is 12.3 Å². The van der Waals surface area contributed by atoms with E-state index in [9.17, 15) is 4.79 Å². The third-order valence-electron chi connectivity index (χ3n) is 3.00. The normalized spacial score (nSPS) is 12.1. The molecule has 0 aliphatic carbocycles. The van der Waals surface area contributed by atoms with Crippen LogP contribution in [0.5, 0.6) is 0 Å². The van der Waals surface area contributed by atoms with E-state index in [0.717, 1.165) is 11.1 Å². The molecular weight excluding hydrogens is 208 g/mol. The van der Waals surface area contributed by atoms with E-state index in [4.69, 9.17) is 0 Å². The first-order chi connectivity index (χ1) is 8.27. The molecule has 0 aliphatic heterocycles. The van der Waals surface area contributed by atoms with Gasteiger partial charge in [0.2, 0.25) is 0 Å². The summed E-state index contributed by atoms with van der Waals surface area (Å²) < 4.78 is 0. The average molecular weight is 224 g/mol. The molecule has 0 amide bonds. The van der Waals surface area contributed by atoms with Crippen LogP contribution in [0.2, 0.25) is 0 Å². The lowest BCUT2D eigenvalue weighted by atomic mass is 9.93. The Morgan fingerprint density at radius 3 is 2.06 bits per heavy atom. The van der Waals surface area contributed by atoms with Gasteiger partial charge in [-0.05, 0) is 11.1 Å². The molecule has 1 heteroatoms. The summed E-state index contributed by atoms with van der Waals surface area (Å²) in [5.74, 6) is 0.235. The summed E-state index contributed by atoms with van der Waals surface area (Å²) in [6.45, 7) is 1.97. The van der Waals surface area contributed by atoms with Crippen LogP contribution in [-0.4, -0.2) is 5.78 Å². The van der Waals surface area contributed by atoms with Gasteiger partial charge in [0.25, 0.3) is 0 Å². The number of carbonyl (C=O) groups is 1.